The Morgan fingerprint density at radius 3 is 2.53 bits per heavy atom. The highest BCUT2D eigenvalue weighted by Crippen LogP contribution is 2.28. The molecule has 17 heavy (non-hydrogen) atoms. The first kappa shape index (κ1) is 11.9. The van der Waals surface area contributed by atoms with Crippen molar-refractivity contribution in [2.45, 2.75) is 19.9 Å². The van der Waals surface area contributed by atoms with Gasteiger partial charge in [0.15, 0.2) is 0 Å². The molecule has 0 saturated carbocycles. The third-order valence-electron chi connectivity index (χ3n) is 2.38. The molecule has 0 radical (unpaired) electrons. The van der Waals surface area contributed by atoms with Crippen LogP contribution < -0.4 is 5.32 Å². The third kappa shape index (κ3) is 2.74. The maximum atomic E-state index is 12.0. The average Bonchev–Trinajstić information content (AvgIpc) is 2.78. The highest BCUT2D eigenvalue weighted by atomic mass is 32.1. The van der Waals surface area contributed by atoms with E-state index in [-0.39, 0.29) is 11.9 Å². The smallest absolute Gasteiger partial charge is 0.262 e. The van der Waals surface area contributed by atoms with E-state index < -0.39 is 0 Å². The zero-order valence-electron chi connectivity index (χ0n) is 9.94. The second-order valence-electron chi connectivity index (χ2n) is 4.16. The van der Waals surface area contributed by atoms with Gasteiger partial charge in [0.25, 0.3) is 5.91 Å². The molecule has 1 amide bonds. The minimum atomic E-state index is 0.00820. The largest absolute Gasteiger partial charge is 0.349 e. The molecule has 0 unspecified atom stereocenters. The van der Waals surface area contributed by atoms with E-state index in [1.165, 1.54) is 11.3 Å². The van der Waals surface area contributed by atoms with Crippen molar-refractivity contribution in [3.05, 3.63) is 46.7 Å². The molecule has 3 heteroatoms. The zero-order valence-corrected chi connectivity index (χ0v) is 10.8. The third-order valence-corrected chi connectivity index (χ3v) is 3.29. The number of hydrogen-bond acceptors (Lipinski definition) is 2. The minimum absolute atomic E-state index is 0.00820. The lowest BCUT2D eigenvalue weighted by molar-refractivity contribution is 0.0948. The Labute approximate surface area is 105 Å². The summed E-state index contributed by atoms with van der Waals surface area (Å²) in [6.45, 7) is 3.93. The Morgan fingerprint density at radius 2 is 1.88 bits per heavy atom. The predicted molar refractivity (Wildman–Crippen MR) is 72.4 cm³/mol. The van der Waals surface area contributed by atoms with Crippen LogP contribution in [0.1, 0.15) is 23.5 Å². The molecule has 1 N–H and O–H groups in total. The summed E-state index contributed by atoms with van der Waals surface area (Å²) >= 11 is 1.48. The molecular formula is C14H15NOS. The molecule has 0 aliphatic rings. The first-order valence-corrected chi connectivity index (χ1v) is 6.50. The van der Waals surface area contributed by atoms with Crippen molar-refractivity contribution < 1.29 is 4.79 Å². The minimum Gasteiger partial charge on any atom is -0.349 e. The summed E-state index contributed by atoms with van der Waals surface area (Å²) < 4.78 is 0. The second-order valence-corrected chi connectivity index (χ2v) is 5.07. The van der Waals surface area contributed by atoms with E-state index in [1.54, 1.807) is 0 Å². The van der Waals surface area contributed by atoms with E-state index in [2.05, 4.69) is 5.32 Å². The van der Waals surface area contributed by atoms with Crippen LogP contribution in [0.4, 0.5) is 0 Å². The van der Waals surface area contributed by atoms with Crippen LogP contribution in [0.2, 0.25) is 0 Å². The van der Waals surface area contributed by atoms with Gasteiger partial charge in [-0.3, -0.25) is 4.79 Å². The van der Waals surface area contributed by atoms with Crippen molar-refractivity contribution in [1.29, 1.82) is 0 Å². The van der Waals surface area contributed by atoms with Gasteiger partial charge in [-0.25, -0.2) is 0 Å². The predicted octanol–water partition coefficient (Wildman–Crippen LogP) is 3.55. The van der Waals surface area contributed by atoms with E-state index >= 15 is 0 Å². The highest BCUT2D eigenvalue weighted by Gasteiger charge is 2.14. The van der Waals surface area contributed by atoms with Gasteiger partial charge in [0, 0.05) is 11.6 Å². The van der Waals surface area contributed by atoms with Crippen molar-refractivity contribution in [3.63, 3.8) is 0 Å². The zero-order chi connectivity index (χ0) is 12.3. The fraction of sp³-hybridized carbons (Fsp3) is 0.214. The number of hydrogen-bond donors (Lipinski definition) is 1. The van der Waals surface area contributed by atoms with E-state index in [0.29, 0.717) is 0 Å². The maximum absolute atomic E-state index is 12.0. The summed E-state index contributed by atoms with van der Waals surface area (Å²) in [4.78, 5) is 12.8. The molecule has 1 aromatic heterocycles. The molecule has 2 nitrogen and oxygen atoms in total. The number of rotatable bonds is 3. The number of amides is 1. The van der Waals surface area contributed by atoms with Crippen molar-refractivity contribution in [2.75, 3.05) is 0 Å². The Hall–Kier alpha value is -1.61. The molecule has 2 rings (SSSR count). The van der Waals surface area contributed by atoms with Crippen molar-refractivity contribution in [2.24, 2.45) is 0 Å². The number of nitrogens with one attached hydrogen (secondary N) is 1. The summed E-state index contributed by atoms with van der Waals surface area (Å²) in [6.07, 6.45) is 0. The van der Waals surface area contributed by atoms with Gasteiger partial charge in [-0.15, -0.1) is 11.3 Å². The lowest BCUT2D eigenvalue weighted by Crippen LogP contribution is -2.29. The van der Waals surface area contributed by atoms with Crippen LogP contribution in [-0.4, -0.2) is 11.9 Å². The van der Waals surface area contributed by atoms with Gasteiger partial charge in [0.1, 0.15) is 0 Å². The Kier molecular flexibility index (Phi) is 3.59. The summed E-state index contributed by atoms with van der Waals surface area (Å²) in [5.41, 5.74) is 2.09. The average molecular weight is 245 g/mol. The van der Waals surface area contributed by atoms with E-state index in [0.717, 1.165) is 16.0 Å². The Balaban J connectivity index is 2.32. The van der Waals surface area contributed by atoms with Gasteiger partial charge >= 0.3 is 0 Å². The topological polar surface area (TPSA) is 29.1 Å². The highest BCUT2D eigenvalue weighted by molar-refractivity contribution is 7.12. The molecule has 1 aromatic carbocycles. The number of thiophene rings is 1. The maximum Gasteiger partial charge on any atom is 0.262 e. The first-order valence-electron chi connectivity index (χ1n) is 5.62. The summed E-state index contributed by atoms with van der Waals surface area (Å²) in [5.74, 6) is 0.00820. The fourth-order valence-electron chi connectivity index (χ4n) is 1.66. The lowest BCUT2D eigenvalue weighted by atomic mass is 10.1. The standard InChI is InChI=1S/C14H15NOS/c1-10(2)15-14(16)13-12(8-9-17-13)11-6-4-3-5-7-11/h3-10H,1-2H3,(H,15,16). The SMILES string of the molecule is CC(C)NC(=O)c1sccc1-c1ccccc1. The molecular weight excluding hydrogens is 230 g/mol. The quantitative estimate of drug-likeness (QED) is 0.880. The van der Waals surface area contributed by atoms with Crippen LogP contribution in [0.5, 0.6) is 0 Å². The van der Waals surface area contributed by atoms with E-state index in [9.17, 15) is 4.79 Å². The van der Waals surface area contributed by atoms with Crippen LogP contribution in [0, 0.1) is 0 Å². The van der Waals surface area contributed by atoms with Crippen LogP contribution >= 0.6 is 11.3 Å². The first-order chi connectivity index (χ1) is 8.18. The number of benzene rings is 1. The summed E-state index contributed by atoms with van der Waals surface area (Å²) in [5, 5.41) is 4.88. The van der Waals surface area contributed by atoms with Crippen LogP contribution in [0.25, 0.3) is 11.1 Å². The van der Waals surface area contributed by atoms with Crippen molar-refractivity contribution in [3.8, 4) is 11.1 Å². The van der Waals surface area contributed by atoms with Gasteiger partial charge in [-0.05, 0) is 30.9 Å². The molecule has 0 bridgehead atoms. The Morgan fingerprint density at radius 1 is 1.18 bits per heavy atom. The van der Waals surface area contributed by atoms with Gasteiger partial charge in [0.05, 0.1) is 4.88 Å². The normalized spacial score (nSPS) is 10.5. The molecule has 2 aromatic rings. The number of carbonyl (C=O) groups is 1. The van der Waals surface area contributed by atoms with E-state index in [1.807, 2.05) is 55.6 Å². The van der Waals surface area contributed by atoms with Crippen molar-refractivity contribution >= 4 is 17.2 Å². The van der Waals surface area contributed by atoms with E-state index in [4.69, 9.17) is 0 Å². The second kappa shape index (κ2) is 5.15. The molecule has 0 aliphatic carbocycles. The summed E-state index contributed by atoms with van der Waals surface area (Å²) in [7, 11) is 0. The van der Waals surface area contributed by atoms with Gasteiger partial charge < -0.3 is 5.32 Å². The Bertz CT molecular complexity index is 502. The van der Waals surface area contributed by atoms with Crippen LogP contribution in [0.15, 0.2) is 41.8 Å². The molecule has 88 valence electrons. The fourth-order valence-corrected chi connectivity index (χ4v) is 2.48. The number of carbonyl (C=O) groups excluding carboxylic acids is 1. The van der Waals surface area contributed by atoms with Crippen LogP contribution in [0.3, 0.4) is 0 Å². The molecule has 0 atom stereocenters. The molecule has 0 spiro atoms. The monoisotopic (exact) mass is 245 g/mol. The van der Waals surface area contributed by atoms with Crippen LogP contribution in [-0.2, 0) is 0 Å². The summed E-state index contributed by atoms with van der Waals surface area (Å²) in [6, 6.07) is 12.1. The lowest BCUT2D eigenvalue weighted by Gasteiger charge is -2.08. The van der Waals surface area contributed by atoms with Gasteiger partial charge in [-0.1, -0.05) is 30.3 Å². The van der Waals surface area contributed by atoms with Crippen molar-refractivity contribution in [1.82, 2.24) is 5.32 Å². The molecule has 0 aliphatic heterocycles. The molecule has 1 heterocycles. The van der Waals surface area contributed by atoms with Gasteiger partial charge in [0.2, 0.25) is 0 Å². The van der Waals surface area contributed by atoms with Gasteiger partial charge in [-0.2, -0.15) is 0 Å². The molecule has 0 saturated heterocycles. The molecule has 0 fully saturated rings.